The molecule has 44 heavy (non-hydrogen) atoms. The molecule has 0 spiro atoms. The second-order valence-corrected chi connectivity index (χ2v) is 11.1. The maximum atomic E-state index is 13.6. The van der Waals surface area contributed by atoms with Crippen LogP contribution in [0.4, 0.5) is 15.9 Å². The largest absolute Gasteiger partial charge is 0.493 e. The predicted octanol–water partition coefficient (Wildman–Crippen LogP) is 5.99. The number of hydrogen-bond donors (Lipinski definition) is 1. The second-order valence-electron chi connectivity index (χ2n) is 10.7. The van der Waals surface area contributed by atoms with E-state index in [0.717, 1.165) is 51.7 Å². The van der Waals surface area contributed by atoms with Crippen molar-refractivity contribution in [1.82, 2.24) is 19.8 Å². The van der Waals surface area contributed by atoms with Crippen molar-refractivity contribution in [3.8, 4) is 11.5 Å². The number of nitrogens with one attached hydrogen (secondary N) is 1. The summed E-state index contributed by atoms with van der Waals surface area (Å²) in [6.07, 6.45) is 6.75. The van der Waals surface area contributed by atoms with E-state index in [4.69, 9.17) is 25.8 Å². The summed E-state index contributed by atoms with van der Waals surface area (Å²) >= 11 is 5.94. The van der Waals surface area contributed by atoms with Crippen LogP contribution in [0.1, 0.15) is 51.9 Å². The third-order valence-corrected chi connectivity index (χ3v) is 7.80. The monoisotopic (exact) mass is 629 g/mol. The van der Waals surface area contributed by atoms with Gasteiger partial charge >= 0.3 is 5.97 Å². The summed E-state index contributed by atoms with van der Waals surface area (Å²) in [4.78, 5) is 37.4. The molecule has 0 radical (unpaired) electrons. The number of hydrogen-bond acceptors (Lipinski definition) is 9. The van der Waals surface area contributed by atoms with E-state index in [1.54, 1.807) is 19.2 Å². The van der Waals surface area contributed by atoms with Crippen molar-refractivity contribution in [2.45, 2.75) is 51.9 Å². The van der Waals surface area contributed by atoms with Crippen molar-refractivity contribution in [3.63, 3.8) is 0 Å². The lowest BCUT2D eigenvalue weighted by molar-refractivity contribution is -0.146. The Morgan fingerprint density at radius 3 is 2.55 bits per heavy atom. The van der Waals surface area contributed by atoms with Gasteiger partial charge in [-0.05, 0) is 37.1 Å². The number of esters is 1. The molecule has 0 aliphatic carbocycles. The molecule has 2 heterocycles. The van der Waals surface area contributed by atoms with Gasteiger partial charge in [-0.15, -0.1) is 0 Å². The molecule has 1 fully saturated rings. The molecule has 1 amide bonds. The van der Waals surface area contributed by atoms with Crippen molar-refractivity contribution >= 4 is 45.9 Å². The maximum Gasteiger partial charge on any atom is 0.306 e. The van der Waals surface area contributed by atoms with Crippen LogP contribution < -0.4 is 14.8 Å². The summed E-state index contributed by atoms with van der Waals surface area (Å²) in [6, 6.07) is 7.99. The molecule has 0 unspecified atom stereocenters. The fraction of sp³-hybridized carbons (Fsp3) is 0.500. The number of amides is 1. The Bertz CT molecular complexity index is 1400. The van der Waals surface area contributed by atoms with Crippen LogP contribution in [-0.2, 0) is 14.3 Å². The third kappa shape index (κ3) is 9.65. The molecule has 4 rings (SSSR count). The molecule has 0 saturated carbocycles. The first-order valence-corrected chi connectivity index (χ1v) is 15.6. The van der Waals surface area contributed by atoms with Crippen molar-refractivity contribution in [3.05, 3.63) is 47.5 Å². The van der Waals surface area contributed by atoms with Crippen molar-refractivity contribution in [1.29, 1.82) is 0 Å². The molecule has 1 aliphatic rings. The minimum Gasteiger partial charge on any atom is -0.493 e. The van der Waals surface area contributed by atoms with Gasteiger partial charge < -0.3 is 24.4 Å². The number of nitrogens with zero attached hydrogens (tertiary/aromatic N) is 4. The molecule has 0 bridgehead atoms. The lowest BCUT2D eigenvalue weighted by Crippen LogP contribution is -2.49. The summed E-state index contributed by atoms with van der Waals surface area (Å²) in [5.41, 5.74) is 1.25. The Morgan fingerprint density at radius 1 is 0.977 bits per heavy atom. The zero-order chi connectivity index (χ0) is 31.3. The molecule has 1 N–H and O–H groups in total. The number of fused-ring (bicyclic) bond motifs is 1. The fourth-order valence-corrected chi connectivity index (χ4v) is 5.17. The van der Waals surface area contributed by atoms with E-state index >= 15 is 0 Å². The van der Waals surface area contributed by atoms with Gasteiger partial charge in [0.1, 0.15) is 18.0 Å². The Labute approximate surface area is 262 Å². The van der Waals surface area contributed by atoms with Crippen LogP contribution in [-0.4, -0.2) is 84.7 Å². The molecule has 0 atom stereocenters. The minimum absolute atomic E-state index is 0.000297. The van der Waals surface area contributed by atoms with Gasteiger partial charge in [-0.2, -0.15) is 0 Å². The molecule has 238 valence electrons. The number of methoxy groups -OCH3 is 1. The Hall–Kier alpha value is -3.70. The average molecular weight is 630 g/mol. The highest BCUT2D eigenvalue weighted by molar-refractivity contribution is 6.31. The maximum absolute atomic E-state index is 13.6. The number of carbonyl (C=O) groups excluding carboxylic acids is 2. The lowest BCUT2D eigenvalue weighted by Gasteiger charge is -2.34. The second kappa shape index (κ2) is 17.0. The Balaban J connectivity index is 1.21. The summed E-state index contributed by atoms with van der Waals surface area (Å²) in [6.45, 7) is 6.68. The first-order chi connectivity index (χ1) is 21.4. The van der Waals surface area contributed by atoms with Crippen LogP contribution in [0, 0.1) is 5.82 Å². The van der Waals surface area contributed by atoms with E-state index in [0.29, 0.717) is 60.2 Å². The van der Waals surface area contributed by atoms with Crippen LogP contribution in [0.5, 0.6) is 11.5 Å². The third-order valence-electron chi connectivity index (χ3n) is 7.51. The van der Waals surface area contributed by atoms with Crippen LogP contribution in [0.25, 0.3) is 10.9 Å². The van der Waals surface area contributed by atoms with Crippen LogP contribution in [0.3, 0.4) is 0 Å². The van der Waals surface area contributed by atoms with Gasteiger partial charge in [0.2, 0.25) is 5.91 Å². The zero-order valence-corrected chi connectivity index (χ0v) is 26.2. The van der Waals surface area contributed by atoms with Gasteiger partial charge in [0.25, 0.3) is 0 Å². The molecule has 10 nitrogen and oxygen atoms in total. The molecular weight excluding hydrogens is 589 g/mol. The number of carbonyl (C=O) groups is 2. The summed E-state index contributed by atoms with van der Waals surface area (Å²) in [5.74, 6) is 0.846. The molecule has 1 saturated heterocycles. The molecule has 12 heteroatoms. The predicted molar refractivity (Wildman–Crippen MR) is 168 cm³/mol. The number of anilines is 2. The number of rotatable bonds is 16. The van der Waals surface area contributed by atoms with Crippen molar-refractivity contribution < 1.29 is 28.2 Å². The van der Waals surface area contributed by atoms with Gasteiger partial charge in [-0.1, -0.05) is 37.8 Å². The smallest absolute Gasteiger partial charge is 0.306 e. The van der Waals surface area contributed by atoms with Gasteiger partial charge in [0.05, 0.1) is 37.3 Å². The van der Waals surface area contributed by atoms with E-state index in [9.17, 15) is 14.0 Å². The quantitative estimate of drug-likeness (QED) is 0.151. The standard InChI is InChI=1S/C32H41ClFN5O5/c1-3-4-5-6-17-44-31(41)11-10-30(40)39-15-13-38(14-16-39)12-7-18-43-29-20-24-27(21-28(29)42-2)35-22-36-32(24)37-23-8-9-26(34)25(33)19-23/h8-9,19-22H,3-7,10-18H2,1-2H3,(H,35,36,37). The number of aromatic nitrogens is 2. The number of piperazine rings is 1. The van der Waals surface area contributed by atoms with Crippen LogP contribution in [0.15, 0.2) is 36.7 Å². The molecule has 1 aromatic heterocycles. The highest BCUT2D eigenvalue weighted by Gasteiger charge is 2.21. The fourth-order valence-electron chi connectivity index (χ4n) is 4.99. The van der Waals surface area contributed by atoms with E-state index in [1.165, 1.54) is 18.5 Å². The number of benzene rings is 2. The summed E-state index contributed by atoms with van der Waals surface area (Å²) in [7, 11) is 1.58. The lowest BCUT2D eigenvalue weighted by atomic mass is 10.2. The highest BCUT2D eigenvalue weighted by Crippen LogP contribution is 2.35. The van der Waals surface area contributed by atoms with Gasteiger partial charge in [-0.25, -0.2) is 14.4 Å². The molecule has 3 aromatic rings. The van der Waals surface area contributed by atoms with E-state index < -0.39 is 5.82 Å². The van der Waals surface area contributed by atoms with Gasteiger partial charge in [0.15, 0.2) is 11.5 Å². The molecular formula is C32H41ClFN5O5. The summed E-state index contributed by atoms with van der Waals surface area (Å²) in [5, 5.41) is 3.90. The topological polar surface area (TPSA) is 106 Å². The number of halogens is 2. The SMILES string of the molecule is CCCCCCOC(=O)CCC(=O)N1CCN(CCCOc2cc3c(Nc4ccc(F)c(Cl)c4)ncnc3cc2OC)CC1. The van der Waals surface area contributed by atoms with Gasteiger partial charge in [0, 0.05) is 56.3 Å². The first kappa shape index (κ1) is 33.2. The summed E-state index contributed by atoms with van der Waals surface area (Å²) < 4.78 is 30.5. The number of unbranched alkanes of at least 4 members (excludes halogenated alkanes) is 3. The Morgan fingerprint density at radius 2 is 1.80 bits per heavy atom. The van der Waals surface area contributed by atoms with Crippen molar-refractivity contribution in [2.24, 2.45) is 0 Å². The molecule has 2 aromatic carbocycles. The van der Waals surface area contributed by atoms with E-state index in [2.05, 4.69) is 27.1 Å². The average Bonchev–Trinajstić information content (AvgIpc) is 3.03. The van der Waals surface area contributed by atoms with E-state index in [1.807, 2.05) is 11.0 Å². The van der Waals surface area contributed by atoms with Gasteiger partial charge in [-0.3, -0.25) is 14.5 Å². The molecule has 1 aliphatic heterocycles. The van der Waals surface area contributed by atoms with Crippen LogP contribution >= 0.6 is 11.6 Å². The normalized spacial score (nSPS) is 13.6. The Kier molecular flexibility index (Phi) is 12.8. The number of ether oxygens (including phenoxy) is 3. The highest BCUT2D eigenvalue weighted by atomic mass is 35.5. The van der Waals surface area contributed by atoms with E-state index in [-0.39, 0.29) is 29.7 Å². The van der Waals surface area contributed by atoms with Crippen molar-refractivity contribution in [2.75, 3.05) is 58.4 Å². The minimum atomic E-state index is -0.497. The first-order valence-electron chi connectivity index (χ1n) is 15.2. The van der Waals surface area contributed by atoms with Crippen LogP contribution in [0.2, 0.25) is 5.02 Å². The zero-order valence-electron chi connectivity index (χ0n) is 25.4.